The van der Waals surface area contributed by atoms with E-state index in [-0.39, 0.29) is 0 Å². The van der Waals surface area contributed by atoms with Crippen LogP contribution in [0.5, 0.6) is 0 Å². The van der Waals surface area contributed by atoms with Crippen molar-refractivity contribution >= 4 is 61.6 Å². The SMILES string of the molecule is C1=CC(n2c3ccccc3c3cc(-c4cc(N(c5ccccc5)c5ccc(-c6ccccc6)cc5)cc(N(c5ccccc5)c5ccc(-c6ccccc6)cc5)c4)ccc32)=CCC1. The average Bonchev–Trinajstić information content (AvgIpc) is 3.70. The van der Waals surface area contributed by atoms with Gasteiger partial charge in [0.25, 0.3) is 0 Å². The highest BCUT2D eigenvalue weighted by molar-refractivity contribution is 6.11. The van der Waals surface area contributed by atoms with Gasteiger partial charge in [-0.25, -0.2) is 0 Å². The lowest BCUT2D eigenvalue weighted by molar-refractivity contribution is 1.02. The summed E-state index contributed by atoms with van der Waals surface area (Å²) in [5, 5.41) is 2.49. The average molecular weight is 808 g/mol. The lowest BCUT2D eigenvalue weighted by atomic mass is 9.99. The second kappa shape index (κ2) is 16.7. The molecule has 0 saturated carbocycles. The Bertz CT molecular complexity index is 3090. The molecule has 300 valence electrons. The summed E-state index contributed by atoms with van der Waals surface area (Å²) < 4.78 is 2.43. The predicted octanol–water partition coefficient (Wildman–Crippen LogP) is 16.9. The maximum Gasteiger partial charge on any atom is 0.0541 e. The minimum absolute atomic E-state index is 1.05. The Morgan fingerprint density at radius 3 is 1.27 bits per heavy atom. The summed E-state index contributed by atoms with van der Waals surface area (Å²) >= 11 is 0. The summed E-state index contributed by atoms with van der Waals surface area (Å²) in [6.07, 6.45) is 9.06. The van der Waals surface area contributed by atoms with Crippen molar-refractivity contribution in [1.29, 1.82) is 0 Å². The zero-order valence-electron chi connectivity index (χ0n) is 34.9. The van der Waals surface area contributed by atoms with Gasteiger partial charge in [0, 0.05) is 50.6 Å². The molecule has 0 aliphatic heterocycles. The Kier molecular flexibility index (Phi) is 10.0. The van der Waals surface area contributed by atoms with Crippen molar-refractivity contribution in [3.63, 3.8) is 0 Å². The van der Waals surface area contributed by atoms with E-state index in [0.717, 1.165) is 58.1 Å². The molecule has 0 atom stereocenters. The second-order valence-electron chi connectivity index (χ2n) is 16.1. The van der Waals surface area contributed by atoms with Crippen molar-refractivity contribution in [1.82, 2.24) is 4.57 Å². The maximum atomic E-state index is 2.43. The van der Waals surface area contributed by atoms with Gasteiger partial charge < -0.3 is 14.4 Å². The fourth-order valence-corrected chi connectivity index (χ4v) is 9.13. The van der Waals surface area contributed by atoms with Gasteiger partial charge in [0.1, 0.15) is 0 Å². The molecular weight excluding hydrogens is 763 g/mol. The summed E-state index contributed by atoms with van der Waals surface area (Å²) in [5.74, 6) is 0. The highest BCUT2D eigenvalue weighted by Crippen LogP contribution is 2.45. The number of fused-ring (bicyclic) bond motifs is 3. The molecular formula is C60H45N3. The third kappa shape index (κ3) is 7.41. The molecule has 0 radical (unpaired) electrons. The Labute approximate surface area is 369 Å². The van der Waals surface area contributed by atoms with Gasteiger partial charge in [0.2, 0.25) is 0 Å². The van der Waals surface area contributed by atoms with Crippen LogP contribution < -0.4 is 9.80 Å². The quantitative estimate of drug-likeness (QED) is 0.136. The number of para-hydroxylation sites is 3. The second-order valence-corrected chi connectivity index (χ2v) is 16.1. The molecule has 1 aliphatic rings. The summed E-state index contributed by atoms with van der Waals surface area (Å²) in [7, 11) is 0. The van der Waals surface area contributed by atoms with Crippen molar-refractivity contribution < 1.29 is 0 Å². The molecule has 9 aromatic carbocycles. The molecule has 0 spiro atoms. The van der Waals surface area contributed by atoms with Crippen LogP contribution >= 0.6 is 0 Å². The number of benzene rings is 9. The Balaban J connectivity index is 1.13. The molecule has 10 aromatic rings. The van der Waals surface area contributed by atoms with E-state index in [0.29, 0.717) is 0 Å². The van der Waals surface area contributed by atoms with E-state index in [1.807, 2.05) is 0 Å². The number of nitrogens with zero attached hydrogens (tertiary/aromatic N) is 3. The van der Waals surface area contributed by atoms with E-state index in [9.17, 15) is 0 Å². The zero-order chi connectivity index (χ0) is 42.0. The molecule has 0 N–H and O–H groups in total. The van der Waals surface area contributed by atoms with Crippen molar-refractivity contribution in [2.75, 3.05) is 9.80 Å². The fraction of sp³-hybridized carbons (Fsp3) is 0.0333. The number of rotatable bonds is 10. The first kappa shape index (κ1) is 37.8. The van der Waals surface area contributed by atoms with E-state index < -0.39 is 0 Å². The van der Waals surface area contributed by atoms with Crippen molar-refractivity contribution in [3.05, 3.63) is 249 Å². The molecule has 0 saturated heterocycles. The van der Waals surface area contributed by atoms with Crippen LogP contribution in [-0.2, 0) is 0 Å². The minimum Gasteiger partial charge on any atom is -0.310 e. The smallest absolute Gasteiger partial charge is 0.0541 e. The summed E-state index contributed by atoms with van der Waals surface area (Å²) in [6, 6.07) is 83.4. The molecule has 1 aliphatic carbocycles. The number of allylic oxidation sites excluding steroid dienone is 4. The van der Waals surface area contributed by atoms with Crippen molar-refractivity contribution in [2.45, 2.75) is 12.8 Å². The van der Waals surface area contributed by atoms with Crippen LogP contribution in [0, 0.1) is 0 Å². The normalized spacial score (nSPS) is 12.3. The maximum absolute atomic E-state index is 2.43. The standard InChI is InChI=1S/C60H45N3/c1-6-18-44(19-7-1)46-30-35-53(36-31-46)61(50-22-10-3-11-23-50)55-40-49(48-34-39-60-58(42-48)57-28-16-17-29-59(57)63(60)52-26-14-5-15-27-52)41-56(43-55)62(51-24-12-4-13-25-51)54-37-32-47(33-38-54)45-20-8-2-9-21-45/h1-4,6-14,16-43H,5,15H2. The number of anilines is 6. The summed E-state index contributed by atoms with van der Waals surface area (Å²) in [5.41, 5.74) is 17.1. The van der Waals surface area contributed by atoms with Gasteiger partial charge in [-0.05, 0) is 137 Å². The minimum atomic E-state index is 1.05. The topological polar surface area (TPSA) is 11.4 Å². The molecule has 3 heteroatoms. The van der Waals surface area contributed by atoms with Crippen LogP contribution in [0.3, 0.4) is 0 Å². The molecule has 0 amide bonds. The van der Waals surface area contributed by atoms with Crippen LogP contribution in [0.1, 0.15) is 12.8 Å². The fourth-order valence-electron chi connectivity index (χ4n) is 9.13. The Morgan fingerprint density at radius 1 is 0.302 bits per heavy atom. The van der Waals surface area contributed by atoms with E-state index in [1.54, 1.807) is 0 Å². The van der Waals surface area contributed by atoms with Crippen LogP contribution in [-0.4, -0.2) is 4.57 Å². The lowest BCUT2D eigenvalue weighted by Gasteiger charge is -2.30. The molecule has 3 nitrogen and oxygen atoms in total. The number of aromatic nitrogens is 1. The third-order valence-electron chi connectivity index (χ3n) is 12.2. The van der Waals surface area contributed by atoms with Gasteiger partial charge in [-0.3, -0.25) is 0 Å². The van der Waals surface area contributed by atoms with Gasteiger partial charge in [-0.15, -0.1) is 0 Å². The summed E-state index contributed by atoms with van der Waals surface area (Å²) in [6.45, 7) is 0. The van der Waals surface area contributed by atoms with Crippen molar-refractivity contribution in [2.24, 2.45) is 0 Å². The first-order chi connectivity index (χ1) is 31.2. The molecule has 1 heterocycles. The first-order valence-corrected chi connectivity index (χ1v) is 21.8. The number of hydrogen-bond donors (Lipinski definition) is 0. The summed E-state index contributed by atoms with van der Waals surface area (Å²) in [4.78, 5) is 4.77. The molecule has 1 aromatic heterocycles. The molecule has 0 fully saturated rings. The van der Waals surface area contributed by atoms with Gasteiger partial charge in [0.15, 0.2) is 0 Å². The van der Waals surface area contributed by atoms with Crippen LogP contribution in [0.25, 0.3) is 60.9 Å². The molecule has 0 unspecified atom stereocenters. The van der Waals surface area contributed by atoms with Gasteiger partial charge in [0.05, 0.1) is 11.0 Å². The molecule has 0 bridgehead atoms. The lowest BCUT2D eigenvalue weighted by Crippen LogP contribution is -2.13. The van der Waals surface area contributed by atoms with E-state index >= 15 is 0 Å². The largest absolute Gasteiger partial charge is 0.310 e. The van der Waals surface area contributed by atoms with Crippen LogP contribution in [0.15, 0.2) is 249 Å². The third-order valence-corrected chi connectivity index (χ3v) is 12.2. The van der Waals surface area contributed by atoms with E-state index in [4.69, 9.17) is 0 Å². The highest BCUT2D eigenvalue weighted by atomic mass is 15.2. The van der Waals surface area contributed by atoms with Gasteiger partial charge in [-0.1, -0.05) is 158 Å². The number of hydrogen-bond acceptors (Lipinski definition) is 2. The van der Waals surface area contributed by atoms with Gasteiger partial charge in [-0.2, -0.15) is 0 Å². The monoisotopic (exact) mass is 807 g/mol. The first-order valence-electron chi connectivity index (χ1n) is 21.8. The van der Waals surface area contributed by atoms with E-state index in [1.165, 1.54) is 49.8 Å². The Morgan fingerprint density at radius 2 is 0.746 bits per heavy atom. The van der Waals surface area contributed by atoms with E-state index in [2.05, 4.69) is 263 Å². The molecule has 63 heavy (non-hydrogen) atoms. The Hall–Kier alpha value is -8.14. The zero-order valence-corrected chi connectivity index (χ0v) is 34.9. The van der Waals surface area contributed by atoms with Gasteiger partial charge >= 0.3 is 0 Å². The predicted molar refractivity (Wildman–Crippen MR) is 268 cm³/mol. The highest BCUT2D eigenvalue weighted by Gasteiger charge is 2.21. The molecule has 11 rings (SSSR count). The van der Waals surface area contributed by atoms with Crippen LogP contribution in [0.2, 0.25) is 0 Å². The van der Waals surface area contributed by atoms with Crippen LogP contribution in [0.4, 0.5) is 34.1 Å². The van der Waals surface area contributed by atoms with Crippen molar-refractivity contribution in [3.8, 4) is 33.4 Å².